The van der Waals surface area contributed by atoms with Gasteiger partial charge in [-0.2, -0.15) is 13.2 Å². The molecule has 194 valence electrons. The van der Waals surface area contributed by atoms with Gasteiger partial charge in [0.2, 0.25) is 0 Å². The molecule has 1 aliphatic carbocycles. The van der Waals surface area contributed by atoms with Crippen molar-refractivity contribution >= 4 is 29.4 Å². The third-order valence-corrected chi connectivity index (χ3v) is 6.06. The lowest BCUT2D eigenvalue weighted by atomic mass is 9.87. The average molecular weight is 531 g/mol. The van der Waals surface area contributed by atoms with Crippen LogP contribution in [0.1, 0.15) is 52.0 Å². The molecule has 12 heteroatoms. The van der Waals surface area contributed by atoms with Gasteiger partial charge in [-0.3, -0.25) is 14.4 Å². The third-order valence-electron chi connectivity index (χ3n) is 5.74. The lowest BCUT2D eigenvalue weighted by Gasteiger charge is -2.26. The highest BCUT2D eigenvalue weighted by atomic mass is 35.5. The van der Waals surface area contributed by atoms with E-state index >= 15 is 0 Å². The van der Waals surface area contributed by atoms with Gasteiger partial charge in [-0.15, -0.1) is 0 Å². The van der Waals surface area contributed by atoms with Crippen molar-refractivity contribution in [1.82, 2.24) is 10.6 Å². The van der Waals surface area contributed by atoms with Gasteiger partial charge in [-0.05, 0) is 56.0 Å². The molecule has 1 fully saturated rings. The van der Waals surface area contributed by atoms with Crippen LogP contribution in [0.3, 0.4) is 0 Å². The molecule has 0 aromatic heterocycles. The predicted octanol–water partition coefficient (Wildman–Crippen LogP) is 4.68. The summed E-state index contributed by atoms with van der Waals surface area (Å²) in [7, 11) is 0. The van der Waals surface area contributed by atoms with E-state index in [2.05, 4.69) is 10.6 Å². The summed E-state index contributed by atoms with van der Waals surface area (Å²) in [6.07, 6.45) is -2.85. The monoisotopic (exact) mass is 530 g/mol. The van der Waals surface area contributed by atoms with Crippen molar-refractivity contribution in [3.05, 3.63) is 63.9 Å². The highest BCUT2D eigenvalue weighted by molar-refractivity contribution is 6.31. The lowest BCUT2D eigenvalue weighted by Crippen LogP contribution is -2.35. The molecule has 2 aromatic carbocycles. The van der Waals surface area contributed by atoms with Crippen LogP contribution in [0, 0.1) is 11.7 Å². The predicted molar refractivity (Wildman–Crippen MR) is 122 cm³/mol. The van der Waals surface area contributed by atoms with E-state index in [0.717, 1.165) is 18.2 Å². The van der Waals surface area contributed by atoms with Crippen LogP contribution in [0.5, 0.6) is 5.75 Å². The molecule has 2 amide bonds. The van der Waals surface area contributed by atoms with E-state index in [9.17, 15) is 31.9 Å². The second-order valence-corrected chi connectivity index (χ2v) is 8.68. The van der Waals surface area contributed by atoms with Gasteiger partial charge in [0.05, 0.1) is 28.2 Å². The minimum Gasteiger partial charge on any atom is -0.490 e. The Kier molecular flexibility index (Phi) is 8.78. The molecule has 1 aliphatic rings. The minimum atomic E-state index is -4.64. The summed E-state index contributed by atoms with van der Waals surface area (Å²) in [5.41, 5.74) is -1.38. The summed E-state index contributed by atoms with van der Waals surface area (Å²) in [5.74, 6) is -3.24. The number of halogens is 5. The second kappa shape index (κ2) is 11.6. The van der Waals surface area contributed by atoms with E-state index in [1.54, 1.807) is 0 Å². The van der Waals surface area contributed by atoms with Crippen molar-refractivity contribution < 1.29 is 41.8 Å². The number of aliphatic carboxylic acids is 1. The first-order valence-electron chi connectivity index (χ1n) is 11.1. The first-order chi connectivity index (χ1) is 17.0. The fraction of sp³-hybridized carbons (Fsp3) is 0.375. The van der Waals surface area contributed by atoms with E-state index in [1.165, 1.54) is 12.1 Å². The first kappa shape index (κ1) is 27.3. The second-order valence-electron chi connectivity index (χ2n) is 8.28. The maximum atomic E-state index is 14.5. The summed E-state index contributed by atoms with van der Waals surface area (Å²) in [6, 6.07) is 6.36. The fourth-order valence-electron chi connectivity index (χ4n) is 3.81. The van der Waals surface area contributed by atoms with E-state index in [-0.39, 0.29) is 36.1 Å². The van der Waals surface area contributed by atoms with Crippen molar-refractivity contribution in [1.29, 1.82) is 0 Å². The molecule has 7 nitrogen and oxygen atoms in total. The molecule has 0 atom stereocenters. The summed E-state index contributed by atoms with van der Waals surface area (Å²) in [6.45, 7) is -0.130. The molecule has 0 bridgehead atoms. The number of carboxylic acid groups (broad SMARTS) is 1. The SMILES string of the molecule is O=C(NCCNC(=O)c1ccc(OC2CCC(C(=O)O)CC2)cc1F)c1ccc(C(F)(F)F)c(Cl)c1. The molecule has 2 aromatic rings. The molecule has 0 heterocycles. The van der Waals surface area contributed by atoms with Crippen molar-refractivity contribution in [2.45, 2.75) is 38.0 Å². The molecular formula is C24H23ClF4N2O5. The Morgan fingerprint density at radius 3 is 2.17 bits per heavy atom. The topological polar surface area (TPSA) is 105 Å². The first-order valence-corrected chi connectivity index (χ1v) is 11.5. The molecule has 0 saturated heterocycles. The zero-order valence-electron chi connectivity index (χ0n) is 18.8. The number of benzene rings is 2. The van der Waals surface area contributed by atoms with E-state index in [4.69, 9.17) is 21.4 Å². The van der Waals surface area contributed by atoms with Crippen LogP contribution < -0.4 is 15.4 Å². The van der Waals surface area contributed by atoms with Crippen LogP contribution in [0.2, 0.25) is 5.02 Å². The summed E-state index contributed by atoms with van der Waals surface area (Å²) in [5, 5.41) is 13.3. The van der Waals surface area contributed by atoms with Gasteiger partial charge < -0.3 is 20.5 Å². The van der Waals surface area contributed by atoms with Gasteiger partial charge in [-0.1, -0.05) is 11.6 Å². The number of alkyl halides is 3. The normalized spacial score (nSPS) is 17.8. The Balaban J connectivity index is 1.46. The summed E-state index contributed by atoms with van der Waals surface area (Å²) < 4.78 is 58.5. The third kappa shape index (κ3) is 7.09. The Morgan fingerprint density at radius 2 is 1.61 bits per heavy atom. The number of carbonyl (C=O) groups is 3. The number of carbonyl (C=O) groups excluding carboxylic acids is 2. The number of carboxylic acids is 1. The number of nitrogens with one attached hydrogen (secondary N) is 2. The Labute approximate surface area is 208 Å². The Bertz CT molecular complexity index is 1130. The molecule has 1 saturated carbocycles. The quantitative estimate of drug-likeness (QED) is 0.339. The highest BCUT2D eigenvalue weighted by Crippen LogP contribution is 2.35. The maximum Gasteiger partial charge on any atom is 0.417 e. The average Bonchev–Trinajstić information content (AvgIpc) is 2.81. The maximum absolute atomic E-state index is 14.5. The van der Waals surface area contributed by atoms with Crippen LogP contribution in [0.25, 0.3) is 0 Å². The molecule has 0 radical (unpaired) electrons. The van der Waals surface area contributed by atoms with Gasteiger partial charge in [0.15, 0.2) is 0 Å². The number of hydrogen-bond acceptors (Lipinski definition) is 4. The van der Waals surface area contributed by atoms with Crippen LogP contribution in [0.15, 0.2) is 36.4 Å². The van der Waals surface area contributed by atoms with Crippen molar-refractivity contribution in [3.63, 3.8) is 0 Å². The summed E-state index contributed by atoms with van der Waals surface area (Å²) in [4.78, 5) is 35.4. The summed E-state index contributed by atoms with van der Waals surface area (Å²) >= 11 is 5.60. The molecular weight excluding hydrogens is 508 g/mol. The molecule has 36 heavy (non-hydrogen) atoms. The highest BCUT2D eigenvalue weighted by Gasteiger charge is 2.33. The van der Waals surface area contributed by atoms with E-state index in [0.29, 0.717) is 31.7 Å². The number of hydrogen-bond donors (Lipinski definition) is 3. The molecule has 0 unspecified atom stereocenters. The number of rotatable bonds is 8. The standard InChI is InChI=1S/C24H23ClF4N2O5/c25-19-11-14(3-8-18(19)24(27,28)29)21(32)30-9-10-31-22(33)17-7-6-16(12-20(17)26)36-15-4-1-13(2-5-15)23(34)35/h3,6-8,11-13,15H,1-2,4-5,9-10H2,(H,30,32)(H,31,33)(H,34,35). The molecule has 3 rings (SSSR count). The number of ether oxygens (including phenoxy) is 1. The smallest absolute Gasteiger partial charge is 0.417 e. The van der Waals surface area contributed by atoms with Crippen LogP contribution in [-0.4, -0.2) is 42.1 Å². The molecule has 0 spiro atoms. The zero-order chi connectivity index (χ0) is 26.5. The van der Waals surface area contributed by atoms with E-state index < -0.39 is 46.3 Å². The van der Waals surface area contributed by atoms with Crippen molar-refractivity contribution in [2.75, 3.05) is 13.1 Å². The Hall–Kier alpha value is -3.34. The van der Waals surface area contributed by atoms with Crippen LogP contribution >= 0.6 is 11.6 Å². The largest absolute Gasteiger partial charge is 0.490 e. The van der Waals surface area contributed by atoms with Crippen LogP contribution in [0.4, 0.5) is 17.6 Å². The van der Waals surface area contributed by atoms with Crippen LogP contribution in [-0.2, 0) is 11.0 Å². The van der Waals surface area contributed by atoms with Gasteiger partial charge in [0, 0.05) is 24.7 Å². The van der Waals surface area contributed by atoms with Gasteiger partial charge in [-0.25, -0.2) is 4.39 Å². The van der Waals surface area contributed by atoms with Gasteiger partial charge in [0.25, 0.3) is 11.8 Å². The van der Waals surface area contributed by atoms with Crippen molar-refractivity contribution in [2.24, 2.45) is 5.92 Å². The lowest BCUT2D eigenvalue weighted by molar-refractivity contribution is -0.143. The minimum absolute atomic E-state index is 0.0644. The van der Waals surface area contributed by atoms with E-state index in [1.807, 2.05) is 0 Å². The zero-order valence-corrected chi connectivity index (χ0v) is 19.6. The van der Waals surface area contributed by atoms with Gasteiger partial charge >= 0.3 is 12.1 Å². The fourth-order valence-corrected chi connectivity index (χ4v) is 4.10. The van der Waals surface area contributed by atoms with Crippen molar-refractivity contribution in [3.8, 4) is 5.75 Å². The Morgan fingerprint density at radius 1 is 0.972 bits per heavy atom. The number of amides is 2. The van der Waals surface area contributed by atoms with Gasteiger partial charge in [0.1, 0.15) is 11.6 Å². The molecule has 3 N–H and O–H groups in total. The molecule has 0 aliphatic heterocycles.